The Morgan fingerprint density at radius 1 is 1.37 bits per heavy atom. The van der Waals surface area contributed by atoms with Crippen LogP contribution in [0.1, 0.15) is 18.4 Å². The van der Waals surface area contributed by atoms with Gasteiger partial charge in [0.1, 0.15) is 11.6 Å². The van der Waals surface area contributed by atoms with Gasteiger partial charge in [-0.25, -0.2) is 13.6 Å². The summed E-state index contributed by atoms with van der Waals surface area (Å²) in [6.07, 6.45) is 0.752. The Morgan fingerprint density at radius 3 is 2.70 bits per heavy atom. The van der Waals surface area contributed by atoms with Crippen molar-refractivity contribution in [2.75, 3.05) is 13.7 Å². The second-order valence-electron chi connectivity index (χ2n) is 6.31. The van der Waals surface area contributed by atoms with Crippen LogP contribution in [-0.4, -0.2) is 49.1 Å². The van der Waals surface area contributed by atoms with Crippen LogP contribution in [0.4, 0.5) is 8.78 Å². The number of hydrogen-bond acceptors (Lipinski definition) is 6. The number of hydrogen-bond donors (Lipinski definition) is 1. The Bertz CT molecular complexity index is 793. The average molecular weight is 380 g/mol. The normalized spacial score (nSPS) is 26.9. The first-order valence-electron chi connectivity index (χ1n) is 8.22. The molecule has 0 aromatic heterocycles. The molecule has 7 nitrogen and oxygen atoms in total. The summed E-state index contributed by atoms with van der Waals surface area (Å²) >= 11 is 0. The van der Waals surface area contributed by atoms with Gasteiger partial charge in [-0.1, -0.05) is 11.7 Å². The molecule has 2 heterocycles. The second kappa shape index (κ2) is 7.43. The zero-order chi connectivity index (χ0) is 19.6. The minimum absolute atomic E-state index is 0.0424. The standard InChI is InChI=1S/C18H18F2N2O5/c1-3-18(17(24)21-13-7-15(26-9-13)16(23)25-2)8-14(22-27-18)10-4-11(19)6-12(20)5-10/h3-6,13,15H,1,7-9H2,2H3,(H,21,24)/t13-,15-,18-/m1/s1. The first kappa shape index (κ1) is 19.0. The molecule has 0 saturated carbocycles. The second-order valence-corrected chi connectivity index (χ2v) is 6.31. The zero-order valence-corrected chi connectivity index (χ0v) is 14.5. The zero-order valence-electron chi connectivity index (χ0n) is 14.5. The van der Waals surface area contributed by atoms with E-state index in [2.05, 4.69) is 21.8 Å². The molecule has 1 aromatic rings. The summed E-state index contributed by atoms with van der Waals surface area (Å²) < 4.78 is 36.8. The molecule has 1 fully saturated rings. The van der Waals surface area contributed by atoms with Gasteiger partial charge in [0.15, 0.2) is 6.10 Å². The van der Waals surface area contributed by atoms with Gasteiger partial charge in [-0.05, 0) is 18.2 Å². The summed E-state index contributed by atoms with van der Waals surface area (Å²) in [7, 11) is 1.25. The van der Waals surface area contributed by atoms with Crippen LogP contribution in [0.5, 0.6) is 0 Å². The van der Waals surface area contributed by atoms with Gasteiger partial charge in [0.25, 0.3) is 5.91 Å². The molecule has 144 valence electrons. The minimum atomic E-state index is -1.51. The Hall–Kier alpha value is -2.81. The lowest BCUT2D eigenvalue weighted by Gasteiger charge is -2.23. The van der Waals surface area contributed by atoms with E-state index in [4.69, 9.17) is 9.57 Å². The van der Waals surface area contributed by atoms with Crippen molar-refractivity contribution in [2.24, 2.45) is 5.16 Å². The van der Waals surface area contributed by atoms with Crippen molar-refractivity contribution in [2.45, 2.75) is 30.6 Å². The lowest BCUT2D eigenvalue weighted by atomic mass is 9.92. The first-order valence-corrected chi connectivity index (χ1v) is 8.22. The van der Waals surface area contributed by atoms with Crippen molar-refractivity contribution in [3.05, 3.63) is 48.1 Å². The topological polar surface area (TPSA) is 86.2 Å². The van der Waals surface area contributed by atoms with Crippen molar-refractivity contribution in [3.8, 4) is 0 Å². The van der Waals surface area contributed by atoms with Gasteiger partial charge >= 0.3 is 5.97 Å². The van der Waals surface area contributed by atoms with E-state index in [1.54, 1.807) is 0 Å². The lowest BCUT2D eigenvalue weighted by molar-refractivity contribution is -0.151. The quantitative estimate of drug-likeness (QED) is 0.617. The molecule has 2 aliphatic rings. The molecule has 1 aromatic carbocycles. The number of methoxy groups -OCH3 is 1. The van der Waals surface area contributed by atoms with Crippen molar-refractivity contribution in [3.63, 3.8) is 0 Å². The van der Waals surface area contributed by atoms with Crippen LogP contribution in [0.3, 0.4) is 0 Å². The fourth-order valence-electron chi connectivity index (χ4n) is 2.98. The molecule has 9 heteroatoms. The molecule has 3 rings (SSSR count). The molecule has 2 aliphatic heterocycles. The van der Waals surface area contributed by atoms with E-state index in [0.717, 1.165) is 18.2 Å². The number of oxime groups is 1. The molecule has 0 bridgehead atoms. The first-order chi connectivity index (χ1) is 12.9. The number of ether oxygens (including phenoxy) is 2. The van der Waals surface area contributed by atoms with Crippen LogP contribution in [-0.2, 0) is 23.9 Å². The monoisotopic (exact) mass is 380 g/mol. The van der Waals surface area contributed by atoms with E-state index in [0.29, 0.717) is 0 Å². The molecular formula is C18H18F2N2O5. The Balaban J connectivity index is 1.67. The smallest absolute Gasteiger partial charge is 0.335 e. The summed E-state index contributed by atoms with van der Waals surface area (Å²) in [5.74, 6) is -2.57. The molecule has 0 unspecified atom stereocenters. The predicted octanol–water partition coefficient (Wildman–Crippen LogP) is 1.46. The van der Waals surface area contributed by atoms with Gasteiger partial charge in [-0.15, -0.1) is 0 Å². The number of esters is 1. The number of amides is 1. The third-order valence-corrected chi connectivity index (χ3v) is 4.46. The number of halogens is 2. The van der Waals surface area contributed by atoms with Gasteiger partial charge in [-0.2, -0.15) is 0 Å². The summed E-state index contributed by atoms with van der Waals surface area (Å²) in [4.78, 5) is 29.5. The van der Waals surface area contributed by atoms with Crippen LogP contribution in [0.25, 0.3) is 0 Å². The minimum Gasteiger partial charge on any atom is -0.467 e. The van der Waals surface area contributed by atoms with E-state index in [-0.39, 0.29) is 30.7 Å². The number of carbonyl (C=O) groups is 2. The fraction of sp³-hybridized carbons (Fsp3) is 0.389. The molecule has 3 atom stereocenters. The molecule has 27 heavy (non-hydrogen) atoms. The Kier molecular flexibility index (Phi) is 5.22. The summed E-state index contributed by atoms with van der Waals surface area (Å²) in [5, 5.41) is 6.54. The summed E-state index contributed by atoms with van der Waals surface area (Å²) in [6, 6.07) is 2.53. The number of nitrogens with one attached hydrogen (secondary N) is 1. The number of nitrogens with zero attached hydrogens (tertiary/aromatic N) is 1. The van der Waals surface area contributed by atoms with Gasteiger partial charge in [0.05, 0.1) is 25.5 Å². The number of carbonyl (C=O) groups excluding carboxylic acids is 2. The molecule has 0 spiro atoms. The van der Waals surface area contributed by atoms with Gasteiger partial charge in [-0.3, -0.25) is 4.79 Å². The van der Waals surface area contributed by atoms with Gasteiger partial charge in [0.2, 0.25) is 5.60 Å². The lowest BCUT2D eigenvalue weighted by Crippen LogP contribution is -2.49. The van der Waals surface area contributed by atoms with Gasteiger partial charge < -0.3 is 19.6 Å². The summed E-state index contributed by atoms with van der Waals surface area (Å²) in [5.41, 5.74) is -1.11. The van der Waals surface area contributed by atoms with Crippen LogP contribution in [0.2, 0.25) is 0 Å². The fourth-order valence-corrected chi connectivity index (χ4v) is 2.98. The highest BCUT2D eigenvalue weighted by atomic mass is 19.1. The highest BCUT2D eigenvalue weighted by Gasteiger charge is 2.46. The van der Waals surface area contributed by atoms with Crippen molar-refractivity contribution >= 4 is 17.6 Å². The third-order valence-electron chi connectivity index (χ3n) is 4.46. The summed E-state index contributed by atoms with van der Waals surface area (Å²) in [6.45, 7) is 3.76. The largest absolute Gasteiger partial charge is 0.467 e. The Labute approximate surface area is 154 Å². The van der Waals surface area contributed by atoms with Crippen LogP contribution >= 0.6 is 0 Å². The number of benzene rings is 1. The Morgan fingerprint density at radius 2 is 2.07 bits per heavy atom. The van der Waals surface area contributed by atoms with Crippen LogP contribution in [0.15, 0.2) is 36.0 Å². The molecule has 0 radical (unpaired) electrons. The number of rotatable bonds is 5. The van der Waals surface area contributed by atoms with Crippen molar-refractivity contribution in [1.29, 1.82) is 0 Å². The van der Waals surface area contributed by atoms with E-state index in [1.165, 1.54) is 13.2 Å². The maximum absolute atomic E-state index is 13.4. The van der Waals surface area contributed by atoms with E-state index in [1.807, 2.05) is 0 Å². The van der Waals surface area contributed by atoms with Gasteiger partial charge in [0, 0.05) is 24.5 Å². The van der Waals surface area contributed by atoms with Crippen molar-refractivity contribution < 1.29 is 32.7 Å². The highest BCUT2D eigenvalue weighted by molar-refractivity contribution is 6.06. The maximum Gasteiger partial charge on any atom is 0.335 e. The van der Waals surface area contributed by atoms with E-state index < -0.39 is 41.3 Å². The maximum atomic E-state index is 13.4. The molecular weight excluding hydrogens is 362 g/mol. The average Bonchev–Trinajstić information content (AvgIpc) is 3.28. The molecule has 1 amide bonds. The van der Waals surface area contributed by atoms with Crippen LogP contribution < -0.4 is 5.32 Å². The highest BCUT2D eigenvalue weighted by Crippen LogP contribution is 2.29. The predicted molar refractivity (Wildman–Crippen MR) is 89.8 cm³/mol. The van der Waals surface area contributed by atoms with E-state index in [9.17, 15) is 18.4 Å². The van der Waals surface area contributed by atoms with Crippen molar-refractivity contribution in [1.82, 2.24) is 5.32 Å². The van der Waals surface area contributed by atoms with Crippen LogP contribution in [0, 0.1) is 11.6 Å². The molecule has 1 saturated heterocycles. The SMILES string of the molecule is C=C[C@]1(C(=O)N[C@H]2CO[C@@H](C(=O)OC)C2)CC(c2cc(F)cc(F)c2)=NO1. The molecule has 1 N–H and O–H groups in total. The van der Waals surface area contributed by atoms with E-state index >= 15 is 0 Å². The molecule has 0 aliphatic carbocycles. The third kappa shape index (κ3) is 3.82.